The summed E-state index contributed by atoms with van der Waals surface area (Å²) in [6.07, 6.45) is 0. The Morgan fingerprint density at radius 2 is 1.33 bits per heavy atom. The lowest BCUT2D eigenvalue weighted by Crippen LogP contribution is -2.11. The minimum atomic E-state index is -2.28. The average Bonchev–Trinajstić information content (AvgIpc) is 2.69. The molecule has 0 fully saturated rings. The highest BCUT2D eigenvalue weighted by Crippen LogP contribution is 2.33. The zero-order valence-corrected chi connectivity index (χ0v) is 13.4. The first-order valence-corrected chi connectivity index (χ1v) is 7.54. The second-order valence-electron chi connectivity index (χ2n) is 5.35. The third-order valence-corrected chi connectivity index (χ3v) is 3.52. The molecule has 0 spiro atoms. The van der Waals surface area contributed by atoms with E-state index in [9.17, 15) is 26.7 Å². The van der Waals surface area contributed by atoms with Crippen molar-refractivity contribution in [3.05, 3.63) is 89.2 Å². The summed E-state index contributed by atoms with van der Waals surface area (Å²) in [5.74, 6) is -12.8. The van der Waals surface area contributed by atoms with Gasteiger partial charge in [0.2, 0.25) is 34.8 Å². The predicted octanol–water partition coefficient (Wildman–Crippen LogP) is 5.43. The second kappa shape index (κ2) is 7.45. The molecule has 0 aromatic heterocycles. The average molecular weight is 379 g/mol. The molecular weight excluding hydrogens is 369 g/mol. The van der Waals surface area contributed by atoms with E-state index in [1.165, 1.54) is 24.3 Å². The van der Waals surface area contributed by atoms with E-state index in [2.05, 4.69) is 5.32 Å². The number of rotatable bonds is 4. The molecule has 3 aromatic rings. The van der Waals surface area contributed by atoms with Crippen LogP contribution in [0.1, 0.15) is 10.4 Å². The van der Waals surface area contributed by atoms with Gasteiger partial charge in [-0.1, -0.05) is 24.3 Å². The smallest absolute Gasteiger partial charge is 0.255 e. The molecule has 1 N–H and O–H groups in total. The van der Waals surface area contributed by atoms with Crippen molar-refractivity contribution in [2.24, 2.45) is 0 Å². The number of carbonyl (C=O) groups is 1. The Labute approximate surface area is 150 Å². The van der Waals surface area contributed by atoms with E-state index in [0.717, 1.165) is 0 Å². The fourth-order valence-electron chi connectivity index (χ4n) is 2.22. The zero-order valence-electron chi connectivity index (χ0n) is 13.4. The Morgan fingerprint density at radius 1 is 0.741 bits per heavy atom. The van der Waals surface area contributed by atoms with Crippen LogP contribution in [0.25, 0.3) is 0 Å². The van der Waals surface area contributed by atoms with E-state index in [1.54, 1.807) is 30.3 Å². The van der Waals surface area contributed by atoms with Gasteiger partial charge in [0.1, 0.15) is 5.75 Å². The molecule has 0 aliphatic rings. The van der Waals surface area contributed by atoms with Crippen molar-refractivity contribution in [3.63, 3.8) is 0 Å². The number of carbonyl (C=O) groups excluding carboxylic acids is 1. The number of anilines is 1. The second-order valence-corrected chi connectivity index (χ2v) is 5.35. The molecule has 0 atom stereocenters. The zero-order chi connectivity index (χ0) is 19.6. The maximum absolute atomic E-state index is 13.7. The van der Waals surface area contributed by atoms with Crippen LogP contribution in [0.15, 0.2) is 54.6 Å². The quantitative estimate of drug-likeness (QED) is 0.373. The summed E-state index contributed by atoms with van der Waals surface area (Å²) >= 11 is 0. The minimum Gasteiger partial charge on any atom is -0.451 e. The van der Waals surface area contributed by atoms with Crippen LogP contribution in [0.5, 0.6) is 11.5 Å². The summed E-state index contributed by atoms with van der Waals surface area (Å²) < 4.78 is 71.8. The topological polar surface area (TPSA) is 38.3 Å². The molecule has 0 unspecified atom stereocenters. The molecule has 0 bridgehead atoms. The van der Waals surface area contributed by atoms with Crippen molar-refractivity contribution in [3.8, 4) is 11.5 Å². The Hall–Kier alpha value is -3.42. The van der Waals surface area contributed by atoms with E-state index in [4.69, 9.17) is 4.74 Å². The molecule has 3 nitrogen and oxygen atoms in total. The standard InChI is InChI=1S/C19H10F5NO2/c20-13-14(21)16(23)18(17(24)15(13)22)27-12-8-4-7-11(9-12)25-19(26)10-5-2-1-3-6-10/h1-9H,(H,25,26). The molecule has 3 aromatic carbocycles. The fraction of sp³-hybridized carbons (Fsp3) is 0. The van der Waals surface area contributed by atoms with Gasteiger partial charge in [-0.25, -0.2) is 13.2 Å². The molecule has 0 saturated heterocycles. The highest BCUT2D eigenvalue weighted by Gasteiger charge is 2.27. The maximum Gasteiger partial charge on any atom is 0.255 e. The summed E-state index contributed by atoms with van der Waals surface area (Å²) in [5, 5.41) is 2.53. The summed E-state index contributed by atoms with van der Waals surface area (Å²) in [6, 6.07) is 13.5. The highest BCUT2D eigenvalue weighted by atomic mass is 19.2. The monoisotopic (exact) mass is 379 g/mol. The van der Waals surface area contributed by atoms with Gasteiger partial charge in [0.05, 0.1) is 0 Å². The van der Waals surface area contributed by atoms with Gasteiger partial charge >= 0.3 is 0 Å². The molecule has 8 heteroatoms. The van der Waals surface area contributed by atoms with Crippen LogP contribution in [0, 0.1) is 29.1 Å². The van der Waals surface area contributed by atoms with Crippen molar-refractivity contribution >= 4 is 11.6 Å². The number of amides is 1. The largest absolute Gasteiger partial charge is 0.451 e. The van der Waals surface area contributed by atoms with Gasteiger partial charge < -0.3 is 10.1 Å². The number of halogens is 5. The van der Waals surface area contributed by atoms with Crippen molar-refractivity contribution in [1.29, 1.82) is 0 Å². The molecular formula is C19H10F5NO2. The lowest BCUT2D eigenvalue weighted by molar-refractivity contribution is 0.102. The first-order chi connectivity index (χ1) is 12.9. The molecule has 0 heterocycles. The lowest BCUT2D eigenvalue weighted by Gasteiger charge is -2.11. The fourth-order valence-corrected chi connectivity index (χ4v) is 2.22. The number of hydrogen-bond acceptors (Lipinski definition) is 2. The van der Waals surface area contributed by atoms with Gasteiger partial charge in [-0.2, -0.15) is 8.78 Å². The Balaban J connectivity index is 1.86. The van der Waals surface area contributed by atoms with E-state index in [1.807, 2.05) is 0 Å². The third-order valence-electron chi connectivity index (χ3n) is 3.52. The normalized spacial score (nSPS) is 10.6. The summed E-state index contributed by atoms with van der Waals surface area (Å²) in [5.41, 5.74) is 0.564. The van der Waals surface area contributed by atoms with Crippen LogP contribution in [-0.4, -0.2) is 5.91 Å². The van der Waals surface area contributed by atoms with Crippen LogP contribution in [0.4, 0.5) is 27.6 Å². The van der Waals surface area contributed by atoms with Gasteiger partial charge in [-0.05, 0) is 24.3 Å². The van der Waals surface area contributed by atoms with Crippen molar-refractivity contribution in [1.82, 2.24) is 0 Å². The molecule has 3 rings (SSSR count). The van der Waals surface area contributed by atoms with Crippen LogP contribution in [0.2, 0.25) is 0 Å². The van der Waals surface area contributed by atoms with Crippen LogP contribution in [0.3, 0.4) is 0 Å². The van der Waals surface area contributed by atoms with Crippen molar-refractivity contribution in [2.75, 3.05) is 5.32 Å². The number of hydrogen-bond donors (Lipinski definition) is 1. The van der Waals surface area contributed by atoms with Crippen LogP contribution in [-0.2, 0) is 0 Å². The van der Waals surface area contributed by atoms with E-state index < -0.39 is 40.7 Å². The summed E-state index contributed by atoms with van der Waals surface area (Å²) in [4.78, 5) is 12.1. The molecule has 0 saturated carbocycles. The van der Waals surface area contributed by atoms with E-state index in [0.29, 0.717) is 5.56 Å². The lowest BCUT2D eigenvalue weighted by atomic mass is 10.2. The number of ether oxygens (including phenoxy) is 1. The van der Waals surface area contributed by atoms with Gasteiger partial charge in [-0.3, -0.25) is 4.79 Å². The Morgan fingerprint density at radius 3 is 1.96 bits per heavy atom. The molecule has 1 amide bonds. The highest BCUT2D eigenvalue weighted by molar-refractivity contribution is 6.04. The Bertz CT molecular complexity index is 979. The van der Waals surface area contributed by atoms with E-state index in [-0.39, 0.29) is 11.4 Å². The van der Waals surface area contributed by atoms with E-state index >= 15 is 0 Å². The van der Waals surface area contributed by atoms with Crippen LogP contribution < -0.4 is 10.1 Å². The SMILES string of the molecule is O=C(Nc1cccc(Oc2c(F)c(F)c(F)c(F)c2F)c1)c1ccccc1. The first-order valence-electron chi connectivity index (χ1n) is 7.54. The predicted molar refractivity (Wildman–Crippen MR) is 87.1 cm³/mol. The van der Waals surface area contributed by atoms with Crippen molar-refractivity contribution < 1.29 is 31.5 Å². The van der Waals surface area contributed by atoms with Gasteiger partial charge in [0, 0.05) is 17.3 Å². The molecule has 0 aliphatic heterocycles. The van der Waals surface area contributed by atoms with Crippen molar-refractivity contribution in [2.45, 2.75) is 0 Å². The maximum atomic E-state index is 13.7. The summed E-state index contributed by atoms with van der Waals surface area (Å²) in [6.45, 7) is 0. The van der Waals surface area contributed by atoms with Gasteiger partial charge in [-0.15, -0.1) is 0 Å². The summed E-state index contributed by atoms with van der Waals surface area (Å²) in [7, 11) is 0. The molecule has 27 heavy (non-hydrogen) atoms. The van der Waals surface area contributed by atoms with Gasteiger partial charge in [0.25, 0.3) is 5.91 Å². The molecule has 0 radical (unpaired) electrons. The first kappa shape index (κ1) is 18.4. The number of benzene rings is 3. The molecule has 0 aliphatic carbocycles. The third kappa shape index (κ3) is 3.74. The molecule has 138 valence electrons. The Kier molecular flexibility index (Phi) is 5.07. The number of nitrogens with one attached hydrogen (secondary N) is 1. The minimum absolute atomic E-state index is 0.199. The van der Waals surface area contributed by atoms with Crippen LogP contribution >= 0.6 is 0 Å². The van der Waals surface area contributed by atoms with Gasteiger partial charge in [0.15, 0.2) is 0 Å².